The van der Waals surface area contributed by atoms with Crippen molar-refractivity contribution in [2.45, 2.75) is 44.6 Å². The lowest BCUT2D eigenvalue weighted by atomic mass is 9.84. The van der Waals surface area contributed by atoms with Crippen LogP contribution in [0.3, 0.4) is 0 Å². The topological polar surface area (TPSA) is 104 Å². The third-order valence-corrected chi connectivity index (χ3v) is 3.00. The van der Waals surface area contributed by atoms with Crippen LogP contribution >= 0.6 is 0 Å². The molecule has 0 radical (unpaired) electrons. The number of carbonyl (C=O) groups excluding carboxylic acids is 1. The Labute approximate surface area is 99.0 Å². The largest absolute Gasteiger partial charge is 0.481 e. The van der Waals surface area contributed by atoms with E-state index in [9.17, 15) is 14.4 Å². The van der Waals surface area contributed by atoms with Crippen molar-refractivity contribution in [1.82, 2.24) is 5.32 Å². The van der Waals surface area contributed by atoms with Crippen LogP contribution < -0.4 is 5.32 Å². The molecule has 1 fully saturated rings. The Morgan fingerprint density at radius 2 is 1.71 bits per heavy atom. The first-order valence-corrected chi connectivity index (χ1v) is 5.74. The molecule has 0 unspecified atom stereocenters. The number of carboxylic acid groups (broad SMARTS) is 2. The minimum Gasteiger partial charge on any atom is -0.481 e. The number of carbonyl (C=O) groups is 3. The van der Waals surface area contributed by atoms with E-state index in [1.54, 1.807) is 0 Å². The van der Waals surface area contributed by atoms with Crippen LogP contribution in [0.15, 0.2) is 0 Å². The summed E-state index contributed by atoms with van der Waals surface area (Å²) in [7, 11) is 0. The Kier molecular flexibility index (Phi) is 4.93. The van der Waals surface area contributed by atoms with Crippen molar-refractivity contribution >= 4 is 17.8 Å². The number of hydrogen-bond donors (Lipinski definition) is 3. The molecule has 0 aromatic rings. The molecule has 0 spiro atoms. The molecule has 1 aliphatic carbocycles. The number of aliphatic carboxylic acids is 2. The predicted molar refractivity (Wildman–Crippen MR) is 58.4 cm³/mol. The van der Waals surface area contributed by atoms with Crippen LogP contribution in [0.25, 0.3) is 0 Å². The molecule has 0 aromatic carbocycles. The van der Waals surface area contributed by atoms with Crippen molar-refractivity contribution in [3.05, 3.63) is 0 Å². The second-order valence-corrected chi connectivity index (χ2v) is 4.30. The molecule has 1 rings (SSSR count). The van der Waals surface area contributed by atoms with Gasteiger partial charge >= 0.3 is 11.9 Å². The first-order valence-electron chi connectivity index (χ1n) is 5.74. The van der Waals surface area contributed by atoms with Gasteiger partial charge in [0.25, 0.3) is 0 Å². The van der Waals surface area contributed by atoms with Gasteiger partial charge in [-0.25, -0.2) is 0 Å². The molecule has 0 aliphatic heterocycles. The van der Waals surface area contributed by atoms with E-state index < -0.39 is 17.9 Å². The standard InChI is InChI=1S/C11H17NO5/c13-9(5-6-10(14)15)12-8-4-2-1-3-7(8)11(16)17/h7-8H,1-6H2,(H,12,13)(H,14,15)(H,16,17)/t7-,8+/m1/s1. The fraction of sp³-hybridized carbons (Fsp3) is 0.727. The zero-order valence-electron chi connectivity index (χ0n) is 9.52. The third-order valence-electron chi connectivity index (χ3n) is 3.00. The first-order chi connectivity index (χ1) is 8.00. The van der Waals surface area contributed by atoms with Crippen LogP contribution in [0, 0.1) is 5.92 Å². The highest BCUT2D eigenvalue weighted by Crippen LogP contribution is 2.24. The van der Waals surface area contributed by atoms with E-state index in [0.717, 1.165) is 12.8 Å². The van der Waals surface area contributed by atoms with Gasteiger partial charge in [0, 0.05) is 12.5 Å². The minimum absolute atomic E-state index is 0.0990. The Morgan fingerprint density at radius 1 is 1.06 bits per heavy atom. The monoisotopic (exact) mass is 243 g/mol. The highest BCUT2D eigenvalue weighted by atomic mass is 16.4. The Balaban J connectivity index is 2.44. The molecular weight excluding hydrogens is 226 g/mol. The average Bonchev–Trinajstić information content (AvgIpc) is 2.27. The lowest BCUT2D eigenvalue weighted by molar-refractivity contribution is -0.144. The van der Waals surface area contributed by atoms with Crippen LogP contribution in [0.2, 0.25) is 0 Å². The summed E-state index contributed by atoms with van der Waals surface area (Å²) in [5.41, 5.74) is 0. The zero-order chi connectivity index (χ0) is 12.8. The third kappa shape index (κ3) is 4.42. The molecule has 3 N–H and O–H groups in total. The van der Waals surface area contributed by atoms with Gasteiger partial charge in [-0.3, -0.25) is 14.4 Å². The molecule has 2 atom stereocenters. The van der Waals surface area contributed by atoms with Crippen molar-refractivity contribution in [1.29, 1.82) is 0 Å². The normalized spacial score (nSPS) is 24.0. The first kappa shape index (κ1) is 13.5. The molecule has 96 valence electrons. The maximum atomic E-state index is 11.4. The lowest BCUT2D eigenvalue weighted by Crippen LogP contribution is -2.45. The summed E-state index contributed by atoms with van der Waals surface area (Å²) in [5, 5.41) is 20.1. The number of nitrogens with one attached hydrogen (secondary N) is 1. The van der Waals surface area contributed by atoms with Gasteiger partial charge in [0.15, 0.2) is 0 Å². The van der Waals surface area contributed by atoms with E-state index in [0.29, 0.717) is 12.8 Å². The van der Waals surface area contributed by atoms with Gasteiger partial charge in [0.1, 0.15) is 0 Å². The minimum atomic E-state index is -1.03. The van der Waals surface area contributed by atoms with Gasteiger partial charge in [-0.2, -0.15) is 0 Å². The van der Waals surface area contributed by atoms with Gasteiger partial charge in [-0.1, -0.05) is 12.8 Å². The molecule has 1 amide bonds. The predicted octanol–water partition coefficient (Wildman–Crippen LogP) is 0.611. The number of hydrogen-bond acceptors (Lipinski definition) is 3. The van der Waals surface area contributed by atoms with Gasteiger partial charge in [-0.15, -0.1) is 0 Å². The van der Waals surface area contributed by atoms with E-state index in [1.807, 2.05) is 0 Å². The summed E-state index contributed by atoms with van der Waals surface area (Å²) in [4.78, 5) is 32.7. The molecule has 0 heterocycles. The summed E-state index contributed by atoms with van der Waals surface area (Å²) >= 11 is 0. The van der Waals surface area contributed by atoms with Crippen LogP contribution in [0.1, 0.15) is 38.5 Å². The fourth-order valence-electron chi connectivity index (χ4n) is 2.10. The van der Waals surface area contributed by atoms with E-state index in [4.69, 9.17) is 10.2 Å². The van der Waals surface area contributed by atoms with Gasteiger partial charge in [0.2, 0.25) is 5.91 Å². The smallest absolute Gasteiger partial charge is 0.308 e. The highest BCUT2D eigenvalue weighted by Gasteiger charge is 2.31. The van der Waals surface area contributed by atoms with Crippen molar-refractivity contribution in [3.8, 4) is 0 Å². The SMILES string of the molecule is O=C(O)CCC(=O)N[C@H]1CCCC[C@H]1C(=O)O. The molecule has 1 saturated carbocycles. The van der Waals surface area contributed by atoms with Crippen molar-refractivity contribution in [3.63, 3.8) is 0 Å². The van der Waals surface area contributed by atoms with Crippen LogP contribution in [0.5, 0.6) is 0 Å². The summed E-state index contributed by atoms with van der Waals surface area (Å²) in [5.74, 6) is -2.85. The molecular formula is C11H17NO5. The number of amides is 1. The van der Waals surface area contributed by atoms with Crippen LogP contribution in [0.4, 0.5) is 0 Å². The highest BCUT2D eigenvalue weighted by molar-refractivity contribution is 5.81. The summed E-state index contributed by atoms with van der Waals surface area (Å²) in [6.45, 7) is 0. The Hall–Kier alpha value is -1.59. The molecule has 6 nitrogen and oxygen atoms in total. The van der Waals surface area contributed by atoms with E-state index in [-0.39, 0.29) is 24.8 Å². The van der Waals surface area contributed by atoms with Crippen molar-refractivity contribution in [2.75, 3.05) is 0 Å². The van der Waals surface area contributed by atoms with Crippen molar-refractivity contribution < 1.29 is 24.6 Å². The zero-order valence-corrected chi connectivity index (χ0v) is 9.52. The summed E-state index contributed by atoms with van der Waals surface area (Å²) in [6, 6.07) is -0.359. The molecule has 1 aliphatic rings. The Morgan fingerprint density at radius 3 is 2.29 bits per heavy atom. The molecule has 6 heteroatoms. The second kappa shape index (κ2) is 6.22. The van der Waals surface area contributed by atoms with Crippen LogP contribution in [-0.4, -0.2) is 34.1 Å². The van der Waals surface area contributed by atoms with Gasteiger partial charge < -0.3 is 15.5 Å². The van der Waals surface area contributed by atoms with E-state index in [1.165, 1.54) is 0 Å². The average molecular weight is 243 g/mol. The number of rotatable bonds is 5. The van der Waals surface area contributed by atoms with E-state index >= 15 is 0 Å². The van der Waals surface area contributed by atoms with Gasteiger partial charge in [-0.05, 0) is 12.8 Å². The van der Waals surface area contributed by atoms with Crippen molar-refractivity contribution in [2.24, 2.45) is 5.92 Å². The molecule has 0 saturated heterocycles. The van der Waals surface area contributed by atoms with Gasteiger partial charge in [0.05, 0.1) is 12.3 Å². The lowest BCUT2D eigenvalue weighted by Gasteiger charge is -2.29. The Bertz CT molecular complexity index is 315. The maximum absolute atomic E-state index is 11.4. The summed E-state index contributed by atoms with van der Waals surface area (Å²) in [6.07, 6.45) is 2.65. The maximum Gasteiger partial charge on any atom is 0.308 e. The quantitative estimate of drug-likeness (QED) is 0.656. The molecule has 0 bridgehead atoms. The molecule has 0 aromatic heterocycles. The molecule has 17 heavy (non-hydrogen) atoms. The van der Waals surface area contributed by atoms with E-state index in [2.05, 4.69) is 5.32 Å². The van der Waals surface area contributed by atoms with Crippen LogP contribution in [-0.2, 0) is 14.4 Å². The number of carboxylic acids is 2. The second-order valence-electron chi connectivity index (χ2n) is 4.30. The summed E-state index contributed by atoms with van der Waals surface area (Å²) < 4.78 is 0. The fourth-order valence-corrected chi connectivity index (χ4v) is 2.10.